The van der Waals surface area contributed by atoms with E-state index in [4.69, 9.17) is 4.74 Å². The van der Waals surface area contributed by atoms with Crippen molar-refractivity contribution >= 4 is 6.16 Å². The molecule has 0 aromatic carbocycles. The van der Waals surface area contributed by atoms with Gasteiger partial charge in [0.2, 0.25) is 0 Å². The van der Waals surface area contributed by atoms with Gasteiger partial charge in [0.1, 0.15) is 0 Å². The Bertz CT molecular complexity index is 272. The molecule has 0 aromatic rings. The van der Waals surface area contributed by atoms with Crippen LogP contribution in [0.5, 0.6) is 0 Å². The predicted molar refractivity (Wildman–Crippen MR) is 100 cm³/mol. The van der Waals surface area contributed by atoms with Gasteiger partial charge in [0, 0.05) is 6.61 Å². The van der Waals surface area contributed by atoms with Crippen LogP contribution in [0.4, 0.5) is 4.79 Å². The molecule has 3 nitrogen and oxygen atoms in total. The number of unbranched alkanes of at least 4 members (excludes halogenated alkanes) is 12. The minimum Gasteiger partial charge on any atom is -0.549 e. The van der Waals surface area contributed by atoms with E-state index in [2.05, 4.69) is 13.8 Å². The van der Waals surface area contributed by atoms with E-state index in [1.165, 1.54) is 89.9 Å². The molecule has 0 radical (unpaired) electrons. The van der Waals surface area contributed by atoms with Crippen molar-refractivity contribution in [3.8, 4) is 0 Å². The summed E-state index contributed by atoms with van der Waals surface area (Å²) in [5.74, 6) is 0.383. The fourth-order valence-electron chi connectivity index (χ4n) is 3.28. The second-order valence-electron chi connectivity index (χ2n) is 7.25. The summed E-state index contributed by atoms with van der Waals surface area (Å²) in [4.78, 5) is 10.5. The molecule has 4 heteroatoms. The van der Waals surface area contributed by atoms with Gasteiger partial charge in [-0.1, -0.05) is 104 Å². The summed E-state index contributed by atoms with van der Waals surface area (Å²) < 4.78 is 4.73. The van der Waals surface area contributed by atoms with E-state index < -0.39 is 6.16 Å². The Kier molecular flexibility index (Phi) is 23.7. The van der Waals surface area contributed by atoms with Gasteiger partial charge in [-0.2, -0.15) is 0 Å². The summed E-state index contributed by atoms with van der Waals surface area (Å²) in [6, 6.07) is 0. The first-order chi connectivity index (χ1) is 11.7. The van der Waals surface area contributed by atoms with Crippen LogP contribution in [0.15, 0.2) is 0 Å². The van der Waals surface area contributed by atoms with Gasteiger partial charge < -0.3 is 14.6 Å². The van der Waals surface area contributed by atoms with Crippen LogP contribution in [-0.4, -0.2) is 12.8 Å². The van der Waals surface area contributed by atoms with Crippen molar-refractivity contribution in [2.45, 2.75) is 117 Å². The normalized spacial score (nSPS) is 11.8. The SMILES string of the molecule is CCCCCCCCCCC(CCCCCCCC)COC(=O)[O-].[Li+]. The fourth-order valence-corrected chi connectivity index (χ4v) is 3.28. The van der Waals surface area contributed by atoms with Crippen molar-refractivity contribution in [3.05, 3.63) is 0 Å². The maximum atomic E-state index is 10.5. The van der Waals surface area contributed by atoms with Gasteiger partial charge in [-0.3, -0.25) is 0 Å². The molecular formula is C21H41LiO3. The summed E-state index contributed by atoms with van der Waals surface area (Å²) in [5.41, 5.74) is 0. The fraction of sp³-hybridized carbons (Fsp3) is 0.952. The minimum atomic E-state index is -1.38. The van der Waals surface area contributed by atoms with Gasteiger partial charge in [-0.25, -0.2) is 0 Å². The van der Waals surface area contributed by atoms with Crippen molar-refractivity contribution in [2.24, 2.45) is 5.92 Å². The molecule has 0 heterocycles. The molecule has 0 N–H and O–H groups in total. The third-order valence-electron chi connectivity index (χ3n) is 4.87. The largest absolute Gasteiger partial charge is 1.00 e. The maximum absolute atomic E-state index is 10.5. The summed E-state index contributed by atoms with van der Waals surface area (Å²) >= 11 is 0. The number of rotatable bonds is 18. The number of carbonyl (C=O) groups excluding carboxylic acids is 1. The number of hydrogen-bond donors (Lipinski definition) is 0. The van der Waals surface area contributed by atoms with Gasteiger partial charge >= 0.3 is 18.9 Å². The Hall–Kier alpha value is -0.133. The summed E-state index contributed by atoms with van der Waals surface area (Å²) in [5, 5.41) is 10.5. The molecule has 0 aliphatic carbocycles. The zero-order chi connectivity index (χ0) is 17.9. The molecule has 0 aromatic heterocycles. The number of hydrogen-bond acceptors (Lipinski definition) is 3. The van der Waals surface area contributed by atoms with Crippen LogP contribution in [0.3, 0.4) is 0 Å². The summed E-state index contributed by atoms with van der Waals surface area (Å²) in [7, 11) is 0. The van der Waals surface area contributed by atoms with Crippen LogP contribution in [0.1, 0.15) is 117 Å². The molecule has 25 heavy (non-hydrogen) atoms. The topological polar surface area (TPSA) is 49.4 Å². The minimum absolute atomic E-state index is 0. The first-order valence-corrected chi connectivity index (χ1v) is 10.5. The molecule has 144 valence electrons. The van der Waals surface area contributed by atoms with Crippen LogP contribution in [0.25, 0.3) is 0 Å². The molecule has 0 saturated heterocycles. The molecule has 0 saturated carbocycles. The predicted octanol–water partition coefficient (Wildman–Crippen LogP) is 3.25. The first kappa shape index (κ1) is 27.1. The smallest absolute Gasteiger partial charge is 0.549 e. The van der Waals surface area contributed by atoms with Gasteiger partial charge in [0.15, 0.2) is 0 Å². The van der Waals surface area contributed by atoms with E-state index in [0.29, 0.717) is 12.5 Å². The van der Waals surface area contributed by atoms with Crippen LogP contribution < -0.4 is 24.0 Å². The Morgan fingerprint density at radius 1 is 0.720 bits per heavy atom. The summed E-state index contributed by atoms with van der Waals surface area (Å²) in [6.45, 7) is 4.81. The van der Waals surface area contributed by atoms with Crippen LogP contribution in [0.2, 0.25) is 0 Å². The Morgan fingerprint density at radius 3 is 1.44 bits per heavy atom. The second kappa shape index (κ2) is 21.9. The molecule has 0 bridgehead atoms. The van der Waals surface area contributed by atoms with E-state index in [1.807, 2.05) is 0 Å². The second-order valence-corrected chi connectivity index (χ2v) is 7.25. The van der Waals surface area contributed by atoms with E-state index in [9.17, 15) is 9.90 Å². The number of carbonyl (C=O) groups is 1. The quantitative estimate of drug-likeness (QED) is 0.217. The molecule has 0 fully saturated rings. The average molecular weight is 348 g/mol. The third-order valence-corrected chi connectivity index (χ3v) is 4.87. The van der Waals surface area contributed by atoms with E-state index >= 15 is 0 Å². The van der Waals surface area contributed by atoms with Crippen molar-refractivity contribution in [2.75, 3.05) is 6.61 Å². The van der Waals surface area contributed by atoms with Gasteiger partial charge in [-0.05, 0) is 18.8 Å². The van der Waals surface area contributed by atoms with Crippen molar-refractivity contribution in [1.29, 1.82) is 0 Å². The molecule has 0 aliphatic heterocycles. The number of carboxylic acid groups (broad SMARTS) is 1. The van der Waals surface area contributed by atoms with Gasteiger partial charge in [0.25, 0.3) is 6.16 Å². The Morgan fingerprint density at radius 2 is 1.08 bits per heavy atom. The molecular weight excluding hydrogens is 307 g/mol. The van der Waals surface area contributed by atoms with Gasteiger partial charge in [-0.15, -0.1) is 0 Å². The van der Waals surface area contributed by atoms with Crippen molar-refractivity contribution in [3.63, 3.8) is 0 Å². The molecule has 0 rings (SSSR count). The zero-order valence-corrected chi connectivity index (χ0v) is 17.3. The molecule has 0 spiro atoms. The zero-order valence-electron chi connectivity index (χ0n) is 17.3. The Labute approximate surface area is 168 Å². The Balaban J connectivity index is 0. The average Bonchev–Trinajstić information content (AvgIpc) is 2.57. The van der Waals surface area contributed by atoms with Crippen LogP contribution in [-0.2, 0) is 4.74 Å². The van der Waals surface area contributed by atoms with Gasteiger partial charge in [0.05, 0.1) is 0 Å². The maximum Gasteiger partial charge on any atom is 1.00 e. The molecule has 1 atom stereocenters. The summed E-state index contributed by atoms with van der Waals surface area (Å²) in [6.07, 6.45) is 19.0. The monoisotopic (exact) mass is 348 g/mol. The van der Waals surface area contributed by atoms with Crippen LogP contribution >= 0.6 is 0 Å². The van der Waals surface area contributed by atoms with Crippen molar-refractivity contribution < 1.29 is 33.5 Å². The van der Waals surface area contributed by atoms with Crippen molar-refractivity contribution in [1.82, 2.24) is 0 Å². The standard InChI is InChI=1S/C21H42O3.Li/c1-3-5-7-9-11-12-14-16-18-20(19-24-21(22)23)17-15-13-10-8-6-4-2;/h20H,3-19H2,1-2H3,(H,22,23);/q;+1/p-1. The van der Waals surface area contributed by atoms with E-state index in [1.54, 1.807) is 0 Å². The van der Waals surface area contributed by atoms with E-state index in [-0.39, 0.29) is 18.9 Å². The first-order valence-electron chi connectivity index (χ1n) is 10.5. The van der Waals surface area contributed by atoms with Crippen LogP contribution in [0, 0.1) is 5.92 Å². The third kappa shape index (κ3) is 21.8. The molecule has 0 aliphatic rings. The molecule has 0 amide bonds. The number of ether oxygens (including phenoxy) is 1. The molecule has 1 unspecified atom stereocenters. The van der Waals surface area contributed by atoms with E-state index in [0.717, 1.165) is 12.8 Å².